The number of hydrogen-bond donors (Lipinski definition) is 0. The van der Waals surface area contributed by atoms with Gasteiger partial charge in [0.15, 0.2) is 0 Å². The average molecular weight is 169 g/mol. The van der Waals surface area contributed by atoms with E-state index in [1.165, 1.54) is 0 Å². The van der Waals surface area contributed by atoms with Crippen molar-refractivity contribution in [2.75, 3.05) is 0 Å². The molecule has 1 aliphatic rings. The highest BCUT2D eigenvalue weighted by molar-refractivity contribution is 6.57. The smallest absolute Gasteiger partial charge is 0.598 e. The summed E-state index contributed by atoms with van der Waals surface area (Å²) in [5.74, 6) is -3.82. The van der Waals surface area contributed by atoms with Gasteiger partial charge < -0.3 is 17.9 Å². The van der Waals surface area contributed by atoms with Gasteiger partial charge in [0.25, 0.3) is 6.17 Å². The Bertz CT molecular complexity index is 197. The van der Waals surface area contributed by atoms with Gasteiger partial charge in [-0.25, -0.2) is 4.39 Å². The number of hydrogen-bond acceptors (Lipinski definition) is 4. The van der Waals surface area contributed by atoms with Gasteiger partial charge >= 0.3 is 19.0 Å². The zero-order chi connectivity index (χ0) is 8.65. The van der Waals surface area contributed by atoms with E-state index < -0.39 is 25.2 Å². The maximum atomic E-state index is 12.0. The molecule has 0 amide bonds. The lowest BCUT2D eigenvalue weighted by Crippen LogP contribution is -2.49. The molecular formula is C3HBF3O4-. The van der Waals surface area contributed by atoms with Crippen LogP contribution in [0.2, 0.25) is 0 Å². The first kappa shape index (κ1) is 7.90. The molecule has 0 aromatic carbocycles. The molecule has 1 saturated heterocycles. The SMILES string of the molecule is O=C1O[B-](F)(F)OC(=O)C1F. The molecule has 1 aliphatic heterocycles. The largest absolute Gasteiger partial charge is 0.729 e. The van der Waals surface area contributed by atoms with Gasteiger partial charge in [-0.15, -0.1) is 0 Å². The Labute approximate surface area is 58.3 Å². The fraction of sp³-hybridized carbons (Fsp3) is 0.333. The zero-order valence-corrected chi connectivity index (χ0v) is 4.92. The van der Waals surface area contributed by atoms with Crippen molar-refractivity contribution in [3.8, 4) is 0 Å². The van der Waals surface area contributed by atoms with Crippen molar-refractivity contribution in [3.63, 3.8) is 0 Å². The number of alkyl halides is 1. The normalized spacial score (nSPS) is 24.3. The van der Waals surface area contributed by atoms with Crippen molar-refractivity contribution in [2.45, 2.75) is 6.17 Å². The van der Waals surface area contributed by atoms with Gasteiger partial charge in [-0.1, -0.05) is 0 Å². The van der Waals surface area contributed by atoms with Crippen molar-refractivity contribution in [1.29, 1.82) is 0 Å². The molecule has 0 aromatic heterocycles. The Morgan fingerprint density at radius 2 is 1.55 bits per heavy atom. The minimum absolute atomic E-state index is 1.91. The van der Waals surface area contributed by atoms with Crippen LogP contribution in [0.5, 0.6) is 0 Å². The minimum Gasteiger partial charge on any atom is -0.598 e. The van der Waals surface area contributed by atoms with Crippen LogP contribution in [0.4, 0.5) is 13.0 Å². The van der Waals surface area contributed by atoms with Gasteiger partial charge in [-0.3, -0.25) is 9.59 Å². The summed E-state index contributed by atoms with van der Waals surface area (Å²) in [5, 5.41) is 0. The third-order valence-electron chi connectivity index (χ3n) is 0.921. The summed E-state index contributed by atoms with van der Waals surface area (Å²) in [7, 11) is -4.95. The molecule has 0 unspecified atom stereocenters. The molecule has 0 aliphatic carbocycles. The molecule has 8 heteroatoms. The lowest BCUT2D eigenvalue weighted by molar-refractivity contribution is -0.166. The highest BCUT2D eigenvalue weighted by atomic mass is 19.3. The summed E-state index contributed by atoms with van der Waals surface area (Å²) in [6.45, 7) is 0. The van der Waals surface area contributed by atoms with Crippen LogP contribution in [0, 0.1) is 0 Å². The summed E-state index contributed by atoms with van der Waals surface area (Å²) in [4.78, 5) is 20.1. The lowest BCUT2D eigenvalue weighted by Gasteiger charge is -2.30. The van der Waals surface area contributed by atoms with Gasteiger partial charge in [0.2, 0.25) is 0 Å². The molecule has 1 rings (SSSR count). The minimum atomic E-state index is -4.95. The van der Waals surface area contributed by atoms with Gasteiger partial charge in [0.05, 0.1) is 0 Å². The number of carbonyl (C=O) groups is 2. The van der Waals surface area contributed by atoms with Crippen molar-refractivity contribution < 1.29 is 31.9 Å². The standard InChI is InChI=1S/C3HBF3O4/c5-1-2(8)10-4(6,7)11-3(1)9/h1H/q-1. The highest BCUT2D eigenvalue weighted by Crippen LogP contribution is 2.19. The third-order valence-corrected chi connectivity index (χ3v) is 0.921. The van der Waals surface area contributed by atoms with Crippen molar-refractivity contribution >= 4 is 19.0 Å². The summed E-state index contributed by atoms with van der Waals surface area (Å²) in [6.07, 6.45) is -2.75. The molecule has 11 heavy (non-hydrogen) atoms. The van der Waals surface area contributed by atoms with Crippen LogP contribution in [0.15, 0.2) is 0 Å². The Morgan fingerprint density at radius 1 is 1.18 bits per heavy atom. The van der Waals surface area contributed by atoms with Gasteiger partial charge in [0.1, 0.15) is 0 Å². The van der Waals surface area contributed by atoms with Crippen LogP contribution >= 0.6 is 0 Å². The molecule has 1 fully saturated rings. The Hall–Kier alpha value is -1.21. The predicted octanol–water partition coefficient (Wildman–Crippen LogP) is -0.201. The highest BCUT2D eigenvalue weighted by Gasteiger charge is 2.47. The lowest BCUT2D eigenvalue weighted by atomic mass is 10.1. The first-order valence-corrected chi connectivity index (χ1v) is 2.52. The van der Waals surface area contributed by atoms with E-state index >= 15 is 0 Å². The molecule has 0 atom stereocenters. The number of halogens is 3. The molecular weight excluding hydrogens is 168 g/mol. The van der Waals surface area contributed by atoms with E-state index in [1.807, 2.05) is 0 Å². The fourth-order valence-corrected chi connectivity index (χ4v) is 0.510. The fourth-order valence-electron chi connectivity index (χ4n) is 0.510. The summed E-state index contributed by atoms with van der Waals surface area (Å²) < 4.78 is 42.1. The second-order valence-corrected chi connectivity index (χ2v) is 1.77. The summed E-state index contributed by atoms with van der Waals surface area (Å²) in [6, 6.07) is 0. The molecule has 0 spiro atoms. The molecule has 0 N–H and O–H groups in total. The average Bonchev–Trinajstić information content (AvgIpc) is 1.81. The molecule has 62 valence electrons. The first-order valence-electron chi connectivity index (χ1n) is 2.52. The van der Waals surface area contributed by atoms with Crippen molar-refractivity contribution in [3.05, 3.63) is 0 Å². The number of rotatable bonds is 0. The molecule has 0 bridgehead atoms. The summed E-state index contributed by atoms with van der Waals surface area (Å²) >= 11 is 0. The van der Waals surface area contributed by atoms with E-state index in [9.17, 15) is 22.6 Å². The number of carbonyl (C=O) groups excluding carboxylic acids is 2. The van der Waals surface area contributed by atoms with E-state index in [0.717, 1.165) is 0 Å². The zero-order valence-electron chi connectivity index (χ0n) is 4.92. The third kappa shape index (κ3) is 1.44. The van der Waals surface area contributed by atoms with Gasteiger partial charge in [-0.2, -0.15) is 0 Å². The monoisotopic (exact) mass is 169 g/mol. The van der Waals surface area contributed by atoms with Crippen LogP contribution in [0.1, 0.15) is 0 Å². The van der Waals surface area contributed by atoms with Crippen LogP contribution in [-0.4, -0.2) is 25.2 Å². The van der Waals surface area contributed by atoms with Crippen molar-refractivity contribution in [2.24, 2.45) is 0 Å². The first-order chi connectivity index (χ1) is 4.92. The Balaban J connectivity index is 2.78. The predicted molar refractivity (Wildman–Crippen MR) is 25.1 cm³/mol. The second-order valence-electron chi connectivity index (χ2n) is 1.77. The molecule has 4 nitrogen and oxygen atoms in total. The van der Waals surface area contributed by atoms with E-state index in [-0.39, 0.29) is 0 Å². The Morgan fingerprint density at radius 3 is 1.91 bits per heavy atom. The molecule has 0 aromatic rings. The van der Waals surface area contributed by atoms with Crippen LogP contribution in [0.25, 0.3) is 0 Å². The Kier molecular flexibility index (Phi) is 1.54. The maximum Gasteiger partial charge on any atom is 0.729 e. The summed E-state index contributed by atoms with van der Waals surface area (Å²) in [5.41, 5.74) is 0. The topological polar surface area (TPSA) is 52.6 Å². The van der Waals surface area contributed by atoms with E-state index in [2.05, 4.69) is 9.31 Å². The molecule has 1 heterocycles. The van der Waals surface area contributed by atoms with Crippen LogP contribution < -0.4 is 0 Å². The van der Waals surface area contributed by atoms with E-state index in [1.54, 1.807) is 0 Å². The van der Waals surface area contributed by atoms with E-state index in [0.29, 0.717) is 0 Å². The maximum absolute atomic E-state index is 12.0. The second kappa shape index (κ2) is 2.14. The molecule has 0 radical (unpaired) electrons. The van der Waals surface area contributed by atoms with Crippen LogP contribution in [-0.2, 0) is 18.9 Å². The van der Waals surface area contributed by atoms with Crippen LogP contribution in [0.3, 0.4) is 0 Å². The van der Waals surface area contributed by atoms with Gasteiger partial charge in [-0.05, 0) is 0 Å². The molecule has 0 saturated carbocycles. The van der Waals surface area contributed by atoms with Crippen molar-refractivity contribution in [1.82, 2.24) is 0 Å². The quantitative estimate of drug-likeness (QED) is 0.372. The van der Waals surface area contributed by atoms with E-state index in [4.69, 9.17) is 0 Å². The van der Waals surface area contributed by atoms with Gasteiger partial charge in [0, 0.05) is 0 Å².